The summed E-state index contributed by atoms with van der Waals surface area (Å²) in [6.45, 7) is 2.07. The fraction of sp³-hybridized carbons (Fsp3) is 0.150. The molecule has 3 aromatic carbocycles. The van der Waals surface area contributed by atoms with E-state index in [0.29, 0.717) is 12.3 Å². The molecule has 0 saturated heterocycles. The lowest BCUT2D eigenvalue weighted by atomic mass is 10.1. The Hall–Kier alpha value is -3.61. The largest absolute Gasteiger partial charge is 0.493 e. The Bertz CT molecular complexity index is 1010. The van der Waals surface area contributed by atoms with Crippen LogP contribution in [0.3, 0.4) is 0 Å². The number of nitrogens with zero attached hydrogens (tertiary/aromatic N) is 1. The van der Waals surface area contributed by atoms with Gasteiger partial charge in [0.05, 0.1) is 24.7 Å². The van der Waals surface area contributed by atoms with E-state index in [-0.39, 0.29) is 22.7 Å². The predicted octanol–water partition coefficient (Wildman–Crippen LogP) is 4.41. The van der Waals surface area contributed by atoms with Crippen molar-refractivity contribution >= 4 is 28.1 Å². The average molecular weight is 366 g/mol. The molecular formula is C20H18N2O5. The number of nitrogens with one attached hydrogen (secondary N) is 1. The SMILES string of the molecule is CCOc1cc([N+](=O)[O-])c(C(=O)Nc2cccc3ccccc23)cc1OC. The first-order chi connectivity index (χ1) is 13.0. The average Bonchev–Trinajstić information content (AvgIpc) is 2.68. The zero-order chi connectivity index (χ0) is 19.4. The van der Waals surface area contributed by atoms with Crippen LogP contribution < -0.4 is 14.8 Å². The van der Waals surface area contributed by atoms with Crippen molar-refractivity contribution in [3.8, 4) is 11.5 Å². The van der Waals surface area contributed by atoms with E-state index in [9.17, 15) is 14.9 Å². The van der Waals surface area contributed by atoms with E-state index in [1.165, 1.54) is 19.2 Å². The van der Waals surface area contributed by atoms with Gasteiger partial charge in [0.15, 0.2) is 11.5 Å². The summed E-state index contributed by atoms with van der Waals surface area (Å²) in [5.74, 6) is -0.127. The fourth-order valence-corrected chi connectivity index (χ4v) is 2.83. The van der Waals surface area contributed by atoms with Crippen LogP contribution in [0.4, 0.5) is 11.4 Å². The molecule has 0 atom stereocenters. The Morgan fingerprint density at radius 1 is 1.11 bits per heavy atom. The first kappa shape index (κ1) is 18.2. The molecule has 0 bridgehead atoms. The lowest BCUT2D eigenvalue weighted by Crippen LogP contribution is -2.15. The molecule has 0 aliphatic rings. The predicted molar refractivity (Wildman–Crippen MR) is 103 cm³/mol. The molecule has 1 N–H and O–H groups in total. The van der Waals surface area contributed by atoms with Crippen LogP contribution in [-0.2, 0) is 0 Å². The number of hydrogen-bond acceptors (Lipinski definition) is 5. The van der Waals surface area contributed by atoms with E-state index >= 15 is 0 Å². The summed E-state index contributed by atoms with van der Waals surface area (Å²) in [7, 11) is 1.41. The molecule has 3 rings (SSSR count). The van der Waals surface area contributed by atoms with Gasteiger partial charge in [-0.2, -0.15) is 0 Å². The Labute approximate surface area is 155 Å². The number of hydrogen-bond donors (Lipinski definition) is 1. The van der Waals surface area contributed by atoms with E-state index in [1.54, 1.807) is 13.0 Å². The van der Waals surface area contributed by atoms with Crippen molar-refractivity contribution in [2.24, 2.45) is 0 Å². The standard InChI is InChI=1S/C20H18N2O5/c1-3-27-19-12-17(22(24)25)15(11-18(19)26-2)20(23)21-16-10-6-8-13-7-4-5-9-14(13)16/h4-12H,3H2,1-2H3,(H,21,23). The summed E-state index contributed by atoms with van der Waals surface area (Å²) in [6, 6.07) is 15.6. The second kappa shape index (κ2) is 7.74. The van der Waals surface area contributed by atoms with E-state index < -0.39 is 10.8 Å². The quantitative estimate of drug-likeness (QED) is 0.515. The lowest BCUT2D eigenvalue weighted by molar-refractivity contribution is -0.385. The van der Waals surface area contributed by atoms with Gasteiger partial charge in [-0.3, -0.25) is 14.9 Å². The van der Waals surface area contributed by atoms with Crippen LogP contribution in [0.1, 0.15) is 17.3 Å². The van der Waals surface area contributed by atoms with Crippen molar-refractivity contribution < 1.29 is 19.2 Å². The number of carbonyl (C=O) groups excluding carboxylic acids is 1. The summed E-state index contributed by atoms with van der Waals surface area (Å²) >= 11 is 0. The summed E-state index contributed by atoms with van der Waals surface area (Å²) in [5.41, 5.74) is 0.116. The van der Waals surface area contributed by atoms with Gasteiger partial charge >= 0.3 is 0 Å². The molecule has 7 nitrogen and oxygen atoms in total. The highest BCUT2D eigenvalue weighted by Crippen LogP contribution is 2.35. The van der Waals surface area contributed by atoms with Gasteiger partial charge < -0.3 is 14.8 Å². The molecule has 1 amide bonds. The van der Waals surface area contributed by atoms with Gasteiger partial charge in [-0.05, 0) is 18.4 Å². The van der Waals surface area contributed by atoms with Crippen molar-refractivity contribution in [3.63, 3.8) is 0 Å². The van der Waals surface area contributed by atoms with Gasteiger partial charge in [0.1, 0.15) is 5.56 Å². The fourth-order valence-electron chi connectivity index (χ4n) is 2.83. The van der Waals surface area contributed by atoms with Crippen LogP contribution in [0, 0.1) is 10.1 Å². The van der Waals surface area contributed by atoms with Crippen molar-refractivity contribution in [2.45, 2.75) is 6.92 Å². The van der Waals surface area contributed by atoms with Crippen LogP contribution in [0.25, 0.3) is 10.8 Å². The molecule has 0 radical (unpaired) electrons. The van der Waals surface area contributed by atoms with Crippen LogP contribution in [0.15, 0.2) is 54.6 Å². The Morgan fingerprint density at radius 3 is 2.56 bits per heavy atom. The summed E-state index contributed by atoms with van der Waals surface area (Å²) in [5, 5.41) is 16.0. The zero-order valence-electron chi connectivity index (χ0n) is 14.9. The van der Waals surface area contributed by atoms with E-state index in [2.05, 4.69) is 5.32 Å². The maximum atomic E-state index is 12.8. The summed E-state index contributed by atoms with van der Waals surface area (Å²) in [4.78, 5) is 23.7. The normalized spacial score (nSPS) is 10.4. The first-order valence-corrected chi connectivity index (χ1v) is 8.33. The number of anilines is 1. The molecule has 7 heteroatoms. The maximum Gasteiger partial charge on any atom is 0.286 e. The number of nitro groups is 1. The van der Waals surface area contributed by atoms with Crippen molar-refractivity contribution in [2.75, 3.05) is 19.0 Å². The summed E-state index contributed by atoms with van der Waals surface area (Å²) < 4.78 is 10.6. The lowest BCUT2D eigenvalue weighted by Gasteiger charge is -2.13. The molecule has 0 aromatic heterocycles. The Balaban J connectivity index is 2.04. The molecule has 0 unspecified atom stereocenters. The molecule has 0 heterocycles. The van der Waals surface area contributed by atoms with Gasteiger partial charge in [-0.25, -0.2) is 0 Å². The Kier molecular flexibility index (Phi) is 5.21. The van der Waals surface area contributed by atoms with Crippen LogP contribution in [0.2, 0.25) is 0 Å². The van der Waals surface area contributed by atoms with Gasteiger partial charge in [-0.1, -0.05) is 36.4 Å². The highest BCUT2D eigenvalue weighted by molar-refractivity contribution is 6.11. The van der Waals surface area contributed by atoms with Crippen molar-refractivity contribution in [3.05, 3.63) is 70.3 Å². The number of amides is 1. The number of rotatable bonds is 6. The number of carbonyl (C=O) groups is 1. The minimum Gasteiger partial charge on any atom is -0.493 e. The minimum absolute atomic E-state index is 0.103. The zero-order valence-corrected chi connectivity index (χ0v) is 14.9. The van der Waals surface area contributed by atoms with Crippen molar-refractivity contribution in [1.29, 1.82) is 0 Å². The topological polar surface area (TPSA) is 90.7 Å². The van der Waals surface area contributed by atoms with E-state index in [1.807, 2.05) is 36.4 Å². The van der Waals surface area contributed by atoms with Gasteiger partial charge in [-0.15, -0.1) is 0 Å². The molecule has 0 saturated carbocycles. The summed E-state index contributed by atoms with van der Waals surface area (Å²) in [6.07, 6.45) is 0. The molecule has 27 heavy (non-hydrogen) atoms. The number of benzene rings is 3. The molecule has 3 aromatic rings. The second-order valence-electron chi connectivity index (χ2n) is 5.69. The smallest absolute Gasteiger partial charge is 0.286 e. The third-order valence-electron chi connectivity index (χ3n) is 4.06. The molecule has 0 spiro atoms. The number of ether oxygens (including phenoxy) is 2. The number of methoxy groups -OCH3 is 1. The monoisotopic (exact) mass is 366 g/mol. The van der Waals surface area contributed by atoms with E-state index in [0.717, 1.165) is 10.8 Å². The third kappa shape index (κ3) is 3.67. The Morgan fingerprint density at radius 2 is 1.85 bits per heavy atom. The highest BCUT2D eigenvalue weighted by atomic mass is 16.6. The minimum atomic E-state index is -0.611. The number of fused-ring (bicyclic) bond motifs is 1. The van der Waals surface area contributed by atoms with Gasteiger partial charge in [0, 0.05) is 17.1 Å². The van der Waals surface area contributed by atoms with Gasteiger partial charge in [0.2, 0.25) is 0 Å². The highest BCUT2D eigenvalue weighted by Gasteiger charge is 2.25. The number of nitro benzene ring substituents is 1. The van der Waals surface area contributed by atoms with Crippen LogP contribution in [-0.4, -0.2) is 24.5 Å². The maximum absolute atomic E-state index is 12.8. The second-order valence-corrected chi connectivity index (χ2v) is 5.69. The van der Waals surface area contributed by atoms with E-state index in [4.69, 9.17) is 9.47 Å². The molecule has 138 valence electrons. The molecule has 0 fully saturated rings. The van der Waals surface area contributed by atoms with Gasteiger partial charge in [0.25, 0.3) is 11.6 Å². The first-order valence-electron chi connectivity index (χ1n) is 8.33. The molecular weight excluding hydrogens is 348 g/mol. The van der Waals surface area contributed by atoms with Crippen molar-refractivity contribution in [1.82, 2.24) is 0 Å². The molecule has 0 aliphatic carbocycles. The van der Waals surface area contributed by atoms with Crippen LogP contribution >= 0.6 is 0 Å². The van der Waals surface area contributed by atoms with Crippen LogP contribution in [0.5, 0.6) is 11.5 Å². The third-order valence-corrected chi connectivity index (χ3v) is 4.06. The molecule has 0 aliphatic heterocycles.